The number of carbonyl (C=O) groups is 1. The number of hydrogen-bond acceptors (Lipinski definition) is 4. The van der Waals surface area contributed by atoms with Crippen LogP contribution in [0.2, 0.25) is 0 Å². The van der Waals surface area contributed by atoms with Gasteiger partial charge in [0.25, 0.3) is 5.91 Å². The van der Waals surface area contributed by atoms with E-state index in [0.717, 1.165) is 36.6 Å². The Balaban J connectivity index is 0.00000169. The number of piperidine rings is 1. The molecule has 1 saturated heterocycles. The van der Waals surface area contributed by atoms with Crippen LogP contribution in [-0.4, -0.2) is 44.7 Å². The number of likely N-dealkylation sites (tertiary alicyclic amines) is 1. The number of halogens is 2. The molecular weight excluding hydrogens is 373 g/mol. The van der Waals surface area contributed by atoms with E-state index < -0.39 is 0 Å². The van der Waals surface area contributed by atoms with Gasteiger partial charge in [-0.1, -0.05) is 6.92 Å². The molecule has 0 saturated carbocycles. The molecule has 0 aliphatic carbocycles. The lowest BCUT2D eigenvalue weighted by atomic mass is 9.92. The summed E-state index contributed by atoms with van der Waals surface area (Å²) in [6.07, 6.45) is 3.64. The summed E-state index contributed by atoms with van der Waals surface area (Å²) in [5, 5.41) is 4.42. The van der Waals surface area contributed by atoms with Crippen LogP contribution < -0.4 is 5.73 Å². The smallest absolute Gasteiger partial charge is 0.255 e. The Labute approximate surface area is 167 Å². The Morgan fingerprint density at radius 2 is 2.04 bits per heavy atom. The van der Waals surface area contributed by atoms with Crippen LogP contribution in [0.5, 0.6) is 0 Å². The van der Waals surface area contributed by atoms with Gasteiger partial charge in [0.1, 0.15) is 0 Å². The summed E-state index contributed by atoms with van der Waals surface area (Å²) < 4.78 is 1.79. The number of nitrogens with zero attached hydrogens (tertiary/aromatic N) is 4. The quantitative estimate of drug-likeness (QED) is 0.860. The SMILES string of the molecule is Cc1cc(C)n(-c2ccc(C(=O)N3CCC(C)CC3CN)cn2)n1.Cl.Cl. The van der Waals surface area contributed by atoms with Gasteiger partial charge in [0.2, 0.25) is 0 Å². The summed E-state index contributed by atoms with van der Waals surface area (Å²) in [5.41, 5.74) is 8.44. The van der Waals surface area contributed by atoms with Gasteiger partial charge in [-0.25, -0.2) is 9.67 Å². The fourth-order valence-electron chi connectivity index (χ4n) is 3.41. The number of aromatic nitrogens is 3. The van der Waals surface area contributed by atoms with Gasteiger partial charge in [0, 0.05) is 31.0 Å². The third kappa shape index (κ3) is 4.55. The zero-order valence-corrected chi connectivity index (χ0v) is 17.0. The molecule has 0 bridgehead atoms. The second kappa shape index (κ2) is 9.35. The molecule has 2 aromatic heterocycles. The summed E-state index contributed by atoms with van der Waals surface area (Å²) in [6, 6.07) is 5.79. The molecule has 8 heteroatoms. The number of hydrogen-bond donors (Lipinski definition) is 1. The summed E-state index contributed by atoms with van der Waals surface area (Å²) in [5.74, 6) is 1.36. The fourth-order valence-corrected chi connectivity index (χ4v) is 3.41. The van der Waals surface area contributed by atoms with E-state index in [2.05, 4.69) is 17.0 Å². The molecule has 6 nitrogen and oxygen atoms in total. The van der Waals surface area contributed by atoms with Crippen molar-refractivity contribution in [1.82, 2.24) is 19.7 Å². The fraction of sp³-hybridized carbons (Fsp3) is 0.500. The van der Waals surface area contributed by atoms with Crippen molar-refractivity contribution in [3.8, 4) is 5.82 Å². The molecule has 2 N–H and O–H groups in total. The molecule has 26 heavy (non-hydrogen) atoms. The van der Waals surface area contributed by atoms with Crippen molar-refractivity contribution in [2.75, 3.05) is 13.1 Å². The summed E-state index contributed by atoms with van der Waals surface area (Å²) in [4.78, 5) is 19.1. The van der Waals surface area contributed by atoms with Crippen molar-refractivity contribution < 1.29 is 4.79 Å². The summed E-state index contributed by atoms with van der Waals surface area (Å²) in [6.45, 7) is 7.43. The van der Waals surface area contributed by atoms with Crippen LogP contribution in [0.3, 0.4) is 0 Å². The van der Waals surface area contributed by atoms with Crippen molar-refractivity contribution in [2.24, 2.45) is 11.7 Å². The van der Waals surface area contributed by atoms with Crippen LogP contribution >= 0.6 is 24.8 Å². The van der Waals surface area contributed by atoms with Crippen LogP contribution in [0, 0.1) is 19.8 Å². The predicted octanol–water partition coefficient (Wildman–Crippen LogP) is 2.93. The molecule has 0 radical (unpaired) electrons. The van der Waals surface area contributed by atoms with Gasteiger partial charge in [-0.05, 0) is 50.8 Å². The lowest BCUT2D eigenvalue weighted by molar-refractivity contribution is 0.0573. The Kier molecular flexibility index (Phi) is 8.06. The normalized spacial score (nSPS) is 19.5. The Morgan fingerprint density at radius 3 is 2.58 bits per heavy atom. The molecule has 1 aliphatic rings. The van der Waals surface area contributed by atoms with Gasteiger partial charge >= 0.3 is 0 Å². The highest BCUT2D eigenvalue weighted by Gasteiger charge is 2.29. The third-order valence-electron chi connectivity index (χ3n) is 4.73. The molecule has 144 valence electrons. The first-order valence-electron chi connectivity index (χ1n) is 8.50. The molecule has 2 unspecified atom stereocenters. The highest BCUT2D eigenvalue weighted by atomic mass is 35.5. The zero-order chi connectivity index (χ0) is 17.3. The van der Waals surface area contributed by atoms with Crippen molar-refractivity contribution in [1.29, 1.82) is 0 Å². The maximum absolute atomic E-state index is 12.8. The molecule has 2 aromatic rings. The van der Waals surface area contributed by atoms with Gasteiger partial charge in [0.05, 0.1) is 11.3 Å². The van der Waals surface area contributed by atoms with Crippen molar-refractivity contribution in [3.63, 3.8) is 0 Å². The van der Waals surface area contributed by atoms with Crippen LogP contribution in [0.1, 0.15) is 41.5 Å². The number of pyridine rings is 1. The van der Waals surface area contributed by atoms with Gasteiger partial charge < -0.3 is 10.6 Å². The van der Waals surface area contributed by atoms with Crippen LogP contribution in [-0.2, 0) is 0 Å². The second-order valence-corrected chi connectivity index (χ2v) is 6.76. The van der Waals surface area contributed by atoms with Crippen LogP contribution in [0.15, 0.2) is 24.4 Å². The van der Waals surface area contributed by atoms with Crippen LogP contribution in [0.25, 0.3) is 5.82 Å². The minimum atomic E-state index is 0. The van der Waals surface area contributed by atoms with Crippen molar-refractivity contribution >= 4 is 30.7 Å². The molecule has 1 fully saturated rings. The number of nitrogens with two attached hydrogens (primary N) is 1. The highest BCUT2D eigenvalue weighted by molar-refractivity contribution is 5.94. The van der Waals surface area contributed by atoms with E-state index >= 15 is 0 Å². The zero-order valence-electron chi connectivity index (χ0n) is 15.4. The van der Waals surface area contributed by atoms with E-state index in [-0.39, 0.29) is 36.8 Å². The molecule has 2 atom stereocenters. The molecule has 0 aromatic carbocycles. The van der Waals surface area contributed by atoms with Gasteiger partial charge in [0.15, 0.2) is 5.82 Å². The van der Waals surface area contributed by atoms with Crippen LogP contribution in [0.4, 0.5) is 0 Å². The standard InChI is InChI=1S/C18H25N5O.2ClH/c1-12-6-7-22(16(8-12)10-19)18(24)15-4-5-17(20-11-15)23-14(3)9-13(2)21-23;;/h4-5,9,11-12,16H,6-8,10,19H2,1-3H3;2*1H. The second-order valence-electron chi connectivity index (χ2n) is 6.76. The third-order valence-corrected chi connectivity index (χ3v) is 4.73. The molecule has 1 amide bonds. The van der Waals surface area contributed by atoms with E-state index in [1.807, 2.05) is 36.9 Å². The summed E-state index contributed by atoms with van der Waals surface area (Å²) in [7, 11) is 0. The van der Waals surface area contributed by atoms with E-state index in [9.17, 15) is 4.79 Å². The van der Waals surface area contributed by atoms with Gasteiger partial charge in [-0.15, -0.1) is 24.8 Å². The van der Waals surface area contributed by atoms with Crippen molar-refractivity contribution in [3.05, 3.63) is 41.3 Å². The van der Waals surface area contributed by atoms with Gasteiger partial charge in [-0.2, -0.15) is 5.10 Å². The Hall–Kier alpha value is -1.63. The Bertz CT molecular complexity index is 732. The molecular formula is C18H27Cl2N5O. The summed E-state index contributed by atoms with van der Waals surface area (Å²) >= 11 is 0. The number of carbonyl (C=O) groups excluding carboxylic acids is 1. The minimum absolute atomic E-state index is 0. The lowest BCUT2D eigenvalue weighted by Gasteiger charge is -2.38. The largest absolute Gasteiger partial charge is 0.334 e. The number of amides is 1. The minimum Gasteiger partial charge on any atom is -0.334 e. The van der Waals surface area contributed by atoms with E-state index in [1.54, 1.807) is 10.9 Å². The molecule has 1 aliphatic heterocycles. The first-order chi connectivity index (χ1) is 11.5. The number of aryl methyl sites for hydroxylation is 2. The van der Waals surface area contributed by atoms with Gasteiger partial charge in [-0.3, -0.25) is 4.79 Å². The Morgan fingerprint density at radius 1 is 1.31 bits per heavy atom. The molecule has 3 heterocycles. The average Bonchev–Trinajstić information content (AvgIpc) is 2.92. The number of rotatable bonds is 3. The topological polar surface area (TPSA) is 77.0 Å². The monoisotopic (exact) mass is 399 g/mol. The van der Waals surface area contributed by atoms with E-state index in [1.165, 1.54) is 0 Å². The maximum atomic E-state index is 12.8. The van der Waals surface area contributed by atoms with E-state index in [4.69, 9.17) is 5.73 Å². The molecule has 3 rings (SSSR count). The average molecular weight is 400 g/mol. The lowest BCUT2D eigenvalue weighted by Crippen LogP contribution is -2.49. The maximum Gasteiger partial charge on any atom is 0.255 e. The first kappa shape index (κ1) is 22.4. The predicted molar refractivity (Wildman–Crippen MR) is 108 cm³/mol. The molecule has 0 spiro atoms. The van der Waals surface area contributed by atoms with Crippen molar-refractivity contribution in [2.45, 2.75) is 39.7 Å². The highest BCUT2D eigenvalue weighted by Crippen LogP contribution is 2.23. The van der Waals surface area contributed by atoms with E-state index in [0.29, 0.717) is 18.0 Å². The first-order valence-corrected chi connectivity index (χ1v) is 8.50.